The predicted molar refractivity (Wildman–Crippen MR) is 77.6 cm³/mol. The van der Waals surface area contributed by atoms with Gasteiger partial charge < -0.3 is 4.74 Å². The smallest absolute Gasteiger partial charge is 0.349 e. The molecule has 0 amide bonds. The molecule has 0 aliphatic heterocycles. The number of hydrogen-bond donors (Lipinski definition) is 0. The minimum atomic E-state index is -0.743. The summed E-state index contributed by atoms with van der Waals surface area (Å²) in [6.07, 6.45) is 0. The molecule has 0 aliphatic rings. The maximum atomic E-state index is 11.7. The average molecular weight is 376 g/mol. The molecular formula is C11H6BrNO5S2. The molecule has 0 saturated heterocycles. The first-order chi connectivity index (χ1) is 9.47. The molecule has 6 nitrogen and oxygen atoms in total. The van der Waals surface area contributed by atoms with E-state index in [0.717, 1.165) is 3.79 Å². The summed E-state index contributed by atoms with van der Waals surface area (Å²) in [7, 11) is 0. The molecule has 0 aromatic carbocycles. The second-order valence-corrected chi connectivity index (χ2v) is 7.02. The first-order valence-corrected chi connectivity index (χ1v) is 7.60. The Morgan fingerprint density at radius 2 is 1.90 bits per heavy atom. The van der Waals surface area contributed by atoms with Crippen LogP contribution in [0.1, 0.15) is 19.3 Å². The zero-order valence-corrected chi connectivity index (χ0v) is 12.9. The van der Waals surface area contributed by atoms with Crippen LogP contribution in [0.2, 0.25) is 0 Å². The van der Waals surface area contributed by atoms with Gasteiger partial charge in [0.2, 0.25) is 5.78 Å². The third-order valence-corrected chi connectivity index (χ3v) is 4.84. The van der Waals surface area contributed by atoms with Gasteiger partial charge in [-0.1, -0.05) is 11.3 Å². The second kappa shape index (κ2) is 6.25. The number of ether oxygens (including phenoxy) is 1. The van der Waals surface area contributed by atoms with E-state index in [-0.39, 0.29) is 15.7 Å². The molecule has 9 heteroatoms. The lowest BCUT2D eigenvalue weighted by atomic mass is 10.3. The third-order valence-electron chi connectivity index (χ3n) is 2.16. The van der Waals surface area contributed by atoms with E-state index in [1.807, 2.05) is 0 Å². The summed E-state index contributed by atoms with van der Waals surface area (Å²) in [5.74, 6) is -1.06. The molecule has 0 spiro atoms. The van der Waals surface area contributed by atoms with Gasteiger partial charge in [0.05, 0.1) is 13.6 Å². The molecule has 0 N–H and O–H groups in total. The summed E-state index contributed by atoms with van der Waals surface area (Å²) < 4.78 is 5.64. The van der Waals surface area contributed by atoms with Gasteiger partial charge in [-0.3, -0.25) is 14.9 Å². The number of hydrogen-bond acceptors (Lipinski definition) is 7. The molecule has 2 aromatic heterocycles. The molecule has 0 fully saturated rings. The van der Waals surface area contributed by atoms with Crippen molar-refractivity contribution in [1.29, 1.82) is 0 Å². The highest BCUT2D eigenvalue weighted by atomic mass is 79.9. The average Bonchev–Trinajstić information content (AvgIpc) is 3.04. The Bertz CT molecular complexity index is 678. The van der Waals surface area contributed by atoms with Crippen LogP contribution in [0.4, 0.5) is 5.00 Å². The van der Waals surface area contributed by atoms with E-state index in [9.17, 15) is 19.7 Å². The van der Waals surface area contributed by atoms with Gasteiger partial charge in [0.15, 0.2) is 6.61 Å². The molecule has 0 radical (unpaired) electrons. The summed E-state index contributed by atoms with van der Waals surface area (Å²) in [6, 6.07) is 5.88. The monoisotopic (exact) mass is 375 g/mol. The zero-order chi connectivity index (χ0) is 14.7. The fraction of sp³-hybridized carbons (Fsp3) is 0.0909. The van der Waals surface area contributed by atoms with E-state index in [0.29, 0.717) is 16.2 Å². The van der Waals surface area contributed by atoms with Crippen molar-refractivity contribution in [3.05, 3.63) is 47.9 Å². The van der Waals surface area contributed by atoms with Crippen LogP contribution in [0.5, 0.6) is 0 Å². The molecule has 104 valence electrons. The lowest BCUT2D eigenvalue weighted by molar-refractivity contribution is -0.380. The molecule has 2 aromatic rings. The predicted octanol–water partition coefficient (Wildman–Crippen LogP) is 3.52. The zero-order valence-electron chi connectivity index (χ0n) is 9.70. The van der Waals surface area contributed by atoms with Crippen molar-refractivity contribution in [3.63, 3.8) is 0 Å². The van der Waals surface area contributed by atoms with Crippen molar-refractivity contribution in [2.45, 2.75) is 0 Å². The van der Waals surface area contributed by atoms with Gasteiger partial charge in [0.1, 0.15) is 4.88 Å². The second-order valence-electron chi connectivity index (χ2n) is 3.50. The van der Waals surface area contributed by atoms with E-state index < -0.39 is 17.5 Å². The Kier molecular flexibility index (Phi) is 4.63. The first kappa shape index (κ1) is 14.8. The van der Waals surface area contributed by atoms with E-state index in [4.69, 9.17) is 4.74 Å². The van der Waals surface area contributed by atoms with Crippen molar-refractivity contribution in [3.8, 4) is 0 Å². The topological polar surface area (TPSA) is 86.5 Å². The van der Waals surface area contributed by atoms with E-state index in [1.165, 1.54) is 23.5 Å². The SMILES string of the molecule is O=C(COC(=O)c1ccc([N+](=O)[O-])s1)c1ccc(Br)s1. The Morgan fingerprint density at radius 1 is 1.20 bits per heavy atom. The maximum Gasteiger partial charge on any atom is 0.349 e. The number of ketones is 1. The van der Waals surface area contributed by atoms with Crippen LogP contribution in [-0.4, -0.2) is 23.3 Å². The molecule has 0 atom stereocenters. The molecule has 20 heavy (non-hydrogen) atoms. The molecule has 0 bridgehead atoms. The van der Waals surface area contributed by atoms with Gasteiger partial charge >= 0.3 is 11.0 Å². The van der Waals surface area contributed by atoms with Gasteiger partial charge in [-0.25, -0.2) is 4.79 Å². The van der Waals surface area contributed by atoms with Crippen LogP contribution in [0.3, 0.4) is 0 Å². The van der Waals surface area contributed by atoms with Crippen LogP contribution in [0.25, 0.3) is 0 Å². The van der Waals surface area contributed by atoms with Gasteiger partial charge in [0.25, 0.3) is 0 Å². The number of nitro groups is 1. The molecule has 2 heterocycles. The lowest BCUT2D eigenvalue weighted by Crippen LogP contribution is -2.12. The van der Waals surface area contributed by atoms with Crippen molar-refractivity contribution in [2.24, 2.45) is 0 Å². The third kappa shape index (κ3) is 3.50. The van der Waals surface area contributed by atoms with E-state index in [2.05, 4.69) is 15.9 Å². The Balaban J connectivity index is 1.94. The number of halogens is 1. The van der Waals surface area contributed by atoms with Gasteiger partial charge in [0, 0.05) is 6.07 Å². The summed E-state index contributed by atoms with van der Waals surface area (Å²) in [4.78, 5) is 33.8. The van der Waals surface area contributed by atoms with Crippen LogP contribution >= 0.6 is 38.6 Å². The Morgan fingerprint density at radius 3 is 2.45 bits per heavy atom. The van der Waals surface area contributed by atoms with Gasteiger partial charge in [-0.05, 0) is 34.1 Å². The first-order valence-electron chi connectivity index (χ1n) is 5.17. The van der Waals surface area contributed by atoms with Gasteiger partial charge in [-0.15, -0.1) is 11.3 Å². The molecule has 0 unspecified atom stereocenters. The number of carbonyl (C=O) groups excluding carboxylic acids is 2. The number of esters is 1. The number of nitrogens with zero attached hydrogens (tertiary/aromatic N) is 1. The van der Waals surface area contributed by atoms with E-state index >= 15 is 0 Å². The molecule has 2 rings (SSSR count). The van der Waals surface area contributed by atoms with Crippen molar-refractivity contribution < 1.29 is 19.2 Å². The minimum absolute atomic E-state index is 0.0943. The summed E-state index contributed by atoms with van der Waals surface area (Å²) in [5, 5.41) is 10.3. The largest absolute Gasteiger partial charge is 0.453 e. The number of Topliss-reactive ketones (excluding diaryl/α,β-unsaturated/α-hetero) is 1. The van der Waals surface area contributed by atoms with Crippen molar-refractivity contribution in [2.75, 3.05) is 6.61 Å². The quantitative estimate of drug-likeness (QED) is 0.345. The standard InChI is InChI=1S/C11H6BrNO5S2/c12-9-3-1-7(19-9)6(14)5-18-11(15)8-2-4-10(20-8)13(16)17/h1-4H,5H2. The van der Waals surface area contributed by atoms with Crippen LogP contribution < -0.4 is 0 Å². The van der Waals surface area contributed by atoms with Crippen molar-refractivity contribution >= 4 is 55.4 Å². The fourth-order valence-corrected chi connectivity index (χ4v) is 3.30. The maximum absolute atomic E-state index is 11.7. The lowest BCUT2D eigenvalue weighted by Gasteiger charge is -2.00. The van der Waals surface area contributed by atoms with Gasteiger partial charge in [-0.2, -0.15) is 0 Å². The fourth-order valence-electron chi connectivity index (χ4n) is 1.27. The van der Waals surface area contributed by atoms with Crippen LogP contribution in [0, 0.1) is 10.1 Å². The highest BCUT2D eigenvalue weighted by molar-refractivity contribution is 9.11. The number of carbonyl (C=O) groups is 2. The molecule has 0 saturated carbocycles. The summed E-state index contributed by atoms with van der Waals surface area (Å²) in [6.45, 7) is -0.391. The van der Waals surface area contributed by atoms with E-state index in [1.54, 1.807) is 12.1 Å². The van der Waals surface area contributed by atoms with Crippen molar-refractivity contribution in [1.82, 2.24) is 0 Å². The summed E-state index contributed by atoms with van der Waals surface area (Å²) in [5.41, 5.74) is 0. The molecule has 0 aliphatic carbocycles. The number of rotatable bonds is 5. The minimum Gasteiger partial charge on any atom is -0.453 e. The highest BCUT2D eigenvalue weighted by Gasteiger charge is 2.18. The molecular weight excluding hydrogens is 370 g/mol. The number of thiophene rings is 2. The highest BCUT2D eigenvalue weighted by Crippen LogP contribution is 2.25. The summed E-state index contributed by atoms with van der Waals surface area (Å²) >= 11 is 5.18. The normalized spacial score (nSPS) is 10.2. The Hall–Kier alpha value is -1.58. The van der Waals surface area contributed by atoms with Crippen LogP contribution in [0.15, 0.2) is 28.1 Å². The van der Waals surface area contributed by atoms with Crippen LogP contribution in [-0.2, 0) is 4.74 Å². The Labute approximate surface area is 129 Å².